The predicted octanol–water partition coefficient (Wildman–Crippen LogP) is 3.54. The minimum absolute atomic E-state index is 0.0699. The van der Waals surface area contributed by atoms with Gasteiger partial charge in [0.25, 0.3) is 5.91 Å². The lowest BCUT2D eigenvalue weighted by molar-refractivity contribution is 0.0724. The number of aromatic amines is 1. The molecule has 8 heteroatoms. The van der Waals surface area contributed by atoms with Gasteiger partial charge in [-0.1, -0.05) is 6.07 Å². The molecule has 3 N–H and O–H groups in total. The van der Waals surface area contributed by atoms with Gasteiger partial charge in [0, 0.05) is 43.5 Å². The standard InChI is InChI=1S/C23H28N6O2/c30-23(29-12-2-1-3-13-29)16-6-4-8-18(14-16)31-19-9-11-25-21-20(19)22(28-27-21)26-17-7-5-10-24-15-17/h4,6,8-9,11,14,17,24H,1-3,5,7,10,12-13,15H2,(H2,25,26,27,28)/t17-/m1/s1. The molecule has 0 bridgehead atoms. The Morgan fingerprint density at radius 1 is 1.16 bits per heavy atom. The number of likely N-dealkylation sites (tertiary alicyclic amines) is 1. The first-order chi connectivity index (χ1) is 15.3. The van der Waals surface area contributed by atoms with E-state index in [9.17, 15) is 4.79 Å². The summed E-state index contributed by atoms with van der Waals surface area (Å²) in [5.41, 5.74) is 1.33. The second-order valence-electron chi connectivity index (χ2n) is 8.28. The van der Waals surface area contributed by atoms with Gasteiger partial charge in [-0.05, 0) is 56.8 Å². The van der Waals surface area contributed by atoms with Crippen LogP contribution in [0.15, 0.2) is 36.5 Å². The van der Waals surface area contributed by atoms with E-state index in [1.807, 2.05) is 35.2 Å². The van der Waals surface area contributed by atoms with Gasteiger partial charge in [-0.3, -0.25) is 9.89 Å². The van der Waals surface area contributed by atoms with Crippen molar-refractivity contribution in [3.63, 3.8) is 0 Å². The first-order valence-corrected chi connectivity index (χ1v) is 11.2. The number of pyridine rings is 1. The minimum Gasteiger partial charge on any atom is -0.456 e. The predicted molar refractivity (Wildman–Crippen MR) is 120 cm³/mol. The van der Waals surface area contributed by atoms with Crippen molar-refractivity contribution in [2.75, 3.05) is 31.5 Å². The molecule has 5 rings (SSSR count). The molecule has 3 aromatic rings. The molecule has 0 spiro atoms. The zero-order chi connectivity index (χ0) is 21.0. The first kappa shape index (κ1) is 19.8. The molecular formula is C23H28N6O2. The van der Waals surface area contributed by atoms with Crippen molar-refractivity contribution in [2.45, 2.75) is 38.1 Å². The molecule has 0 aliphatic carbocycles. The smallest absolute Gasteiger partial charge is 0.253 e. The minimum atomic E-state index is 0.0699. The van der Waals surface area contributed by atoms with Gasteiger partial charge in [-0.25, -0.2) is 4.98 Å². The number of ether oxygens (including phenoxy) is 1. The molecule has 1 atom stereocenters. The maximum atomic E-state index is 12.9. The molecule has 2 aromatic heterocycles. The Morgan fingerprint density at radius 2 is 2.06 bits per heavy atom. The third kappa shape index (κ3) is 4.34. The van der Waals surface area contributed by atoms with Crippen LogP contribution in [0.4, 0.5) is 5.82 Å². The van der Waals surface area contributed by atoms with E-state index in [1.165, 1.54) is 6.42 Å². The van der Waals surface area contributed by atoms with Gasteiger partial charge >= 0.3 is 0 Å². The fourth-order valence-corrected chi connectivity index (χ4v) is 4.38. The lowest BCUT2D eigenvalue weighted by Gasteiger charge is -2.26. The zero-order valence-electron chi connectivity index (χ0n) is 17.6. The number of fused-ring (bicyclic) bond motifs is 1. The summed E-state index contributed by atoms with van der Waals surface area (Å²) in [6, 6.07) is 9.57. The number of rotatable bonds is 5. The van der Waals surface area contributed by atoms with Gasteiger partial charge in [0.2, 0.25) is 0 Å². The van der Waals surface area contributed by atoms with E-state index in [0.29, 0.717) is 28.8 Å². The van der Waals surface area contributed by atoms with E-state index in [-0.39, 0.29) is 5.91 Å². The fraction of sp³-hybridized carbons (Fsp3) is 0.435. The zero-order valence-corrected chi connectivity index (χ0v) is 17.6. The summed E-state index contributed by atoms with van der Waals surface area (Å²) in [6.45, 7) is 3.62. The van der Waals surface area contributed by atoms with Crippen LogP contribution in [0.2, 0.25) is 0 Å². The van der Waals surface area contributed by atoms with Crippen LogP contribution in [0.3, 0.4) is 0 Å². The molecule has 1 amide bonds. The van der Waals surface area contributed by atoms with Crippen molar-refractivity contribution in [3.05, 3.63) is 42.1 Å². The first-order valence-electron chi connectivity index (χ1n) is 11.2. The van der Waals surface area contributed by atoms with Crippen molar-refractivity contribution in [2.24, 2.45) is 0 Å². The van der Waals surface area contributed by atoms with E-state index in [2.05, 4.69) is 25.8 Å². The van der Waals surface area contributed by atoms with Crippen molar-refractivity contribution < 1.29 is 9.53 Å². The Bertz CT molecular complexity index is 1050. The van der Waals surface area contributed by atoms with Crippen LogP contribution < -0.4 is 15.4 Å². The monoisotopic (exact) mass is 420 g/mol. The number of anilines is 1. The van der Waals surface area contributed by atoms with Crippen LogP contribution in [0.25, 0.3) is 11.0 Å². The number of nitrogens with zero attached hydrogens (tertiary/aromatic N) is 3. The molecule has 4 heterocycles. The van der Waals surface area contributed by atoms with E-state index in [0.717, 1.165) is 63.1 Å². The van der Waals surface area contributed by atoms with Gasteiger partial charge in [-0.2, -0.15) is 5.10 Å². The second kappa shape index (κ2) is 8.93. The summed E-state index contributed by atoms with van der Waals surface area (Å²) in [5, 5.41) is 15.2. The SMILES string of the molecule is O=C(c1cccc(Oc2ccnc3[nH]nc(N[C@@H]4CCCNC4)c23)c1)N1CCCCC1. The number of piperidine rings is 2. The molecule has 0 unspecified atom stereocenters. The lowest BCUT2D eigenvalue weighted by Crippen LogP contribution is -2.38. The Labute approximate surface area is 181 Å². The van der Waals surface area contributed by atoms with E-state index < -0.39 is 0 Å². The molecule has 2 aliphatic rings. The normalized spacial score (nSPS) is 19.4. The van der Waals surface area contributed by atoms with Gasteiger partial charge in [0.15, 0.2) is 11.5 Å². The van der Waals surface area contributed by atoms with Crippen molar-refractivity contribution in [1.29, 1.82) is 0 Å². The highest BCUT2D eigenvalue weighted by molar-refractivity contribution is 5.95. The van der Waals surface area contributed by atoms with Crippen molar-refractivity contribution in [1.82, 2.24) is 25.4 Å². The maximum absolute atomic E-state index is 12.9. The highest BCUT2D eigenvalue weighted by Crippen LogP contribution is 2.33. The van der Waals surface area contributed by atoms with Crippen LogP contribution in [0, 0.1) is 0 Å². The number of hydrogen-bond acceptors (Lipinski definition) is 6. The number of H-pyrrole nitrogens is 1. The molecule has 31 heavy (non-hydrogen) atoms. The third-order valence-corrected chi connectivity index (χ3v) is 6.01. The molecule has 2 saturated heterocycles. The molecule has 8 nitrogen and oxygen atoms in total. The van der Waals surface area contributed by atoms with Crippen LogP contribution in [0.1, 0.15) is 42.5 Å². The van der Waals surface area contributed by atoms with Gasteiger partial charge in [0.1, 0.15) is 16.9 Å². The fourth-order valence-electron chi connectivity index (χ4n) is 4.38. The molecule has 1 aromatic carbocycles. The molecule has 2 aliphatic heterocycles. The molecule has 2 fully saturated rings. The highest BCUT2D eigenvalue weighted by Gasteiger charge is 2.20. The summed E-state index contributed by atoms with van der Waals surface area (Å²) in [4.78, 5) is 19.2. The number of carbonyl (C=O) groups is 1. The number of carbonyl (C=O) groups excluding carboxylic acids is 1. The maximum Gasteiger partial charge on any atom is 0.253 e. The Morgan fingerprint density at radius 3 is 2.90 bits per heavy atom. The number of amides is 1. The second-order valence-corrected chi connectivity index (χ2v) is 8.28. The lowest BCUT2D eigenvalue weighted by atomic mass is 10.1. The number of hydrogen-bond donors (Lipinski definition) is 3. The number of aromatic nitrogens is 3. The van der Waals surface area contributed by atoms with Crippen LogP contribution >= 0.6 is 0 Å². The van der Waals surface area contributed by atoms with E-state index in [1.54, 1.807) is 6.20 Å². The Balaban J connectivity index is 1.39. The largest absolute Gasteiger partial charge is 0.456 e. The molecular weight excluding hydrogens is 392 g/mol. The van der Waals surface area contributed by atoms with E-state index >= 15 is 0 Å². The van der Waals surface area contributed by atoms with Crippen LogP contribution in [-0.2, 0) is 0 Å². The van der Waals surface area contributed by atoms with E-state index in [4.69, 9.17) is 4.74 Å². The van der Waals surface area contributed by atoms with Crippen LogP contribution in [-0.4, -0.2) is 58.2 Å². The Hall–Kier alpha value is -3.13. The van der Waals surface area contributed by atoms with Gasteiger partial charge in [-0.15, -0.1) is 0 Å². The summed E-state index contributed by atoms with van der Waals surface area (Å²) < 4.78 is 6.23. The highest BCUT2D eigenvalue weighted by atomic mass is 16.5. The Kier molecular flexibility index (Phi) is 5.71. The van der Waals surface area contributed by atoms with Crippen molar-refractivity contribution >= 4 is 22.8 Å². The molecule has 0 saturated carbocycles. The summed E-state index contributed by atoms with van der Waals surface area (Å²) in [7, 11) is 0. The quantitative estimate of drug-likeness (QED) is 0.584. The summed E-state index contributed by atoms with van der Waals surface area (Å²) >= 11 is 0. The summed E-state index contributed by atoms with van der Waals surface area (Å²) in [6.07, 6.45) is 7.28. The average molecular weight is 421 g/mol. The molecule has 0 radical (unpaired) electrons. The number of benzene rings is 1. The number of nitrogens with one attached hydrogen (secondary N) is 3. The average Bonchev–Trinajstić information content (AvgIpc) is 3.24. The third-order valence-electron chi connectivity index (χ3n) is 6.01. The molecule has 162 valence electrons. The summed E-state index contributed by atoms with van der Waals surface area (Å²) in [5.74, 6) is 2.10. The topological polar surface area (TPSA) is 95.2 Å². The van der Waals surface area contributed by atoms with Gasteiger partial charge in [0.05, 0.1) is 0 Å². The van der Waals surface area contributed by atoms with Crippen molar-refractivity contribution in [3.8, 4) is 11.5 Å². The van der Waals surface area contributed by atoms with Crippen LogP contribution in [0.5, 0.6) is 11.5 Å². The van der Waals surface area contributed by atoms with Gasteiger partial charge < -0.3 is 20.3 Å².